The van der Waals surface area contributed by atoms with Crippen LogP contribution in [0.4, 0.5) is 0 Å². The molecule has 0 unspecified atom stereocenters. The minimum absolute atomic E-state index is 0.0725. The second-order valence-electron chi connectivity index (χ2n) is 4.40. The molecule has 0 saturated heterocycles. The van der Waals surface area contributed by atoms with Crippen molar-refractivity contribution >= 4 is 22.7 Å². The van der Waals surface area contributed by atoms with Crippen LogP contribution >= 0.6 is 11.3 Å². The standard InChI is InChI=1S/C14H13NOS/c1-7(2)11-12(8(3)5-15)10-6-17-9(4)13(10)14(11)16/h6H,1-4H3. The third kappa shape index (κ3) is 1.57. The van der Waals surface area contributed by atoms with E-state index in [0.29, 0.717) is 11.1 Å². The quantitative estimate of drug-likeness (QED) is 0.512. The summed E-state index contributed by atoms with van der Waals surface area (Å²) in [4.78, 5) is 13.4. The second kappa shape index (κ2) is 3.97. The van der Waals surface area contributed by atoms with Gasteiger partial charge in [-0.1, -0.05) is 5.57 Å². The van der Waals surface area contributed by atoms with E-state index in [-0.39, 0.29) is 5.78 Å². The molecule has 0 atom stereocenters. The first kappa shape index (κ1) is 11.8. The van der Waals surface area contributed by atoms with Gasteiger partial charge in [0.25, 0.3) is 0 Å². The molecule has 17 heavy (non-hydrogen) atoms. The van der Waals surface area contributed by atoms with E-state index >= 15 is 0 Å². The van der Waals surface area contributed by atoms with Gasteiger partial charge in [-0.2, -0.15) is 5.26 Å². The lowest BCUT2D eigenvalue weighted by molar-refractivity contribution is 0.104. The minimum Gasteiger partial charge on any atom is -0.289 e. The van der Waals surface area contributed by atoms with Gasteiger partial charge in [-0.15, -0.1) is 11.3 Å². The van der Waals surface area contributed by atoms with Crippen LogP contribution in [-0.4, -0.2) is 5.78 Å². The summed E-state index contributed by atoms with van der Waals surface area (Å²) in [6.07, 6.45) is 0. The van der Waals surface area contributed by atoms with E-state index in [1.807, 2.05) is 26.2 Å². The number of hydrogen-bond acceptors (Lipinski definition) is 3. The van der Waals surface area contributed by atoms with Gasteiger partial charge < -0.3 is 0 Å². The van der Waals surface area contributed by atoms with Crippen LogP contribution in [-0.2, 0) is 0 Å². The Morgan fingerprint density at radius 1 is 1.29 bits per heavy atom. The number of fused-ring (bicyclic) bond motifs is 1. The molecule has 0 amide bonds. The Morgan fingerprint density at radius 2 is 1.94 bits per heavy atom. The molecular weight excluding hydrogens is 230 g/mol. The van der Waals surface area contributed by atoms with Gasteiger partial charge in [0, 0.05) is 32.7 Å². The molecule has 0 saturated carbocycles. The van der Waals surface area contributed by atoms with Crippen LogP contribution in [0.2, 0.25) is 0 Å². The summed E-state index contributed by atoms with van der Waals surface area (Å²) in [5.41, 5.74) is 4.86. The van der Waals surface area contributed by atoms with Crippen molar-refractivity contribution in [1.29, 1.82) is 5.26 Å². The number of ketones is 1. The van der Waals surface area contributed by atoms with Crippen molar-refractivity contribution in [3.05, 3.63) is 38.1 Å². The normalized spacial score (nSPS) is 16.9. The van der Waals surface area contributed by atoms with Gasteiger partial charge in [0.15, 0.2) is 5.78 Å². The number of carbonyl (C=O) groups excluding carboxylic acids is 1. The number of thiophene rings is 1. The number of nitriles is 1. The van der Waals surface area contributed by atoms with Gasteiger partial charge >= 0.3 is 0 Å². The summed E-state index contributed by atoms with van der Waals surface area (Å²) in [5, 5.41) is 11.1. The summed E-state index contributed by atoms with van der Waals surface area (Å²) in [7, 11) is 0. The third-order valence-electron chi connectivity index (χ3n) is 2.99. The average molecular weight is 243 g/mol. The Balaban J connectivity index is 2.87. The topological polar surface area (TPSA) is 40.9 Å². The van der Waals surface area contributed by atoms with Gasteiger partial charge in [0.2, 0.25) is 0 Å². The summed E-state index contributed by atoms with van der Waals surface area (Å²) in [6, 6.07) is 2.16. The molecule has 1 aliphatic rings. The number of aryl methyl sites for hydroxylation is 1. The van der Waals surface area contributed by atoms with Crippen LogP contribution in [0, 0.1) is 18.3 Å². The number of Topliss-reactive ketones (excluding diaryl/α,β-unsaturated/α-hetero) is 1. The maximum atomic E-state index is 12.4. The maximum Gasteiger partial charge on any atom is 0.195 e. The number of nitrogens with zero attached hydrogens (tertiary/aromatic N) is 1. The Hall–Kier alpha value is -1.66. The molecule has 86 valence electrons. The highest BCUT2D eigenvalue weighted by molar-refractivity contribution is 7.10. The lowest BCUT2D eigenvalue weighted by Gasteiger charge is -2.04. The van der Waals surface area contributed by atoms with Crippen molar-refractivity contribution in [1.82, 2.24) is 0 Å². The van der Waals surface area contributed by atoms with E-state index < -0.39 is 0 Å². The number of allylic oxidation sites excluding steroid dienone is 4. The first-order valence-electron chi connectivity index (χ1n) is 5.41. The van der Waals surface area contributed by atoms with Crippen LogP contribution in [0.1, 0.15) is 41.6 Å². The van der Waals surface area contributed by atoms with Crippen LogP contribution in [0.15, 0.2) is 22.1 Å². The van der Waals surface area contributed by atoms with E-state index in [4.69, 9.17) is 5.26 Å². The van der Waals surface area contributed by atoms with Crippen LogP contribution in [0.3, 0.4) is 0 Å². The highest BCUT2D eigenvalue weighted by Crippen LogP contribution is 2.43. The zero-order valence-corrected chi connectivity index (χ0v) is 11.2. The second-order valence-corrected chi connectivity index (χ2v) is 5.48. The number of hydrogen-bond donors (Lipinski definition) is 0. The molecule has 1 heterocycles. The lowest BCUT2D eigenvalue weighted by atomic mass is 9.98. The molecule has 0 aromatic carbocycles. The fourth-order valence-electron chi connectivity index (χ4n) is 2.22. The van der Waals surface area contributed by atoms with Gasteiger partial charge in [0.05, 0.1) is 6.07 Å². The smallest absolute Gasteiger partial charge is 0.195 e. The fourth-order valence-corrected chi connectivity index (χ4v) is 3.07. The molecule has 3 heteroatoms. The molecule has 0 spiro atoms. The van der Waals surface area contributed by atoms with Gasteiger partial charge in [-0.05, 0) is 33.1 Å². The number of rotatable bonds is 0. The van der Waals surface area contributed by atoms with Crippen molar-refractivity contribution in [3.8, 4) is 6.07 Å². The lowest BCUT2D eigenvalue weighted by Crippen LogP contribution is -1.98. The molecule has 1 aromatic rings. The average Bonchev–Trinajstić information content (AvgIpc) is 2.78. The SMILES string of the molecule is CC(C)=C1C(=O)c2c(csc2C)C1=C(C)C#N. The van der Waals surface area contributed by atoms with Crippen LogP contribution in [0.5, 0.6) is 0 Å². The molecule has 0 N–H and O–H groups in total. The first-order valence-corrected chi connectivity index (χ1v) is 6.29. The summed E-state index contributed by atoms with van der Waals surface area (Å²) >= 11 is 1.57. The first-order chi connectivity index (χ1) is 7.99. The van der Waals surface area contributed by atoms with E-state index in [9.17, 15) is 4.79 Å². The fraction of sp³-hybridized carbons (Fsp3) is 0.286. The van der Waals surface area contributed by atoms with Crippen molar-refractivity contribution in [2.45, 2.75) is 27.7 Å². The summed E-state index contributed by atoms with van der Waals surface area (Å²) in [6.45, 7) is 7.56. The van der Waals surface area contributed by atoms with E-state index in [0.717, 1.165) is 27.2 Å². The highest BCUT2D eigenvalue weighted by atomic mass is 32.1. The van der Waals surface area contributed by atoms with E-state index in [2.05, 4.69) is 6.07 Å². The Morgan fingerprint density at radius 3 is 2.47 bits per heavy atom. The predicted octanol–water partition coefficient (Wildman–Crippen LogP) is 3.89. The molecule has 1 aliphatic carbocycles. The Bertz CT molecular complexity index is 619. The van der Waals surface area contributed by atoms with Crippen molar-refractivity contribution < 1.29 is 4.79 Å². The molecule has 2 nitrogen and oxygen atoms in total. The van der Waals surface area contributed by atoms with Gasteiger partial charge in [-0.25, -0.2) is 0 Å². The predicted molar refractivity (Wildman–Crippen MR) is 70.0 cm³/mol. The highest BCUT2D eigenvalue weighted by Gasteiger charge is 2.34. The zero-order valence-electron chi connectivity index (χ0n) is 10.3. The van der Waals surface area contributed by atoms with Crippen molar-refractivity contribution in [2.24, 2.45) is 0 Å². The zero-order chi connectivity index (χ0) is 12.7. The summed E-state index contributed by atoms with van der Waals surface area (Å²) < 4.78 is 0. The summed E-state index contributed by atoms with van der Waals surface area (Å²) in [5.74, 6) is 0.0725. The van der Waals surface area contributed by atoms with Crippen LogP contribution < -0.4 is 0 Å². The molecular formula is C14H13NOS. The van der Waals surface area contributed by atoms with Gasteiger partial charge in [-0.3, -0.25) is 4.79 Å². The molecule has 0 radical (unpaired) electrons. The third-order valence-corrected chi connectivity index (χ3v) is 3.90. The largest absolute Gasteiger partial charge is 0.289 e. The molecule has 0 fully saturated rings. The van der Waals surface area contributed by atoms with Crippen molar-refractivity contribution in [3.63, 3.8) is 0 Å². The van der Waals surface area contributed by atoms with E-state index in [1.54, 1.807) is 18.3 Å². The molecule has 0 aliphatic heterocycles. The van der Waals surface area contributed by atoms with Crippen LogP contribution in [0.25, 0.3) is 5.57 Å². The Kier molecular flexibility index (Phi) is 2.76. The van der Waals surface area contributed by atoms with Crippen molar-refractivity contribution in [2.75, 3.05) is 0 Å². The minimum atomic E-state index is 0.0725. The number of carbonyl (C=O) groups is 1. The molecule has 2 rings (SSSR count). The molecule has 0 bridgehead atoms. The van der Waals surface area contributed by atoms with Gasteiger partial charge in [0.1, 0.15) is 0 Å². The maximum absolute atomic E-state index is 12.4. The Labute approximate surface area is 105 Å². The monoisotopic (exact) mass is 243 g/mol. The molecule has 1 aromatic heterocycles. The van der Waals surface area contributed by atoms with E-state index in [1.165, 1.54) is 0 Å².